The highest BCUT2D eigenvalue weighted by Gasteiger charge is 2.16. The van der Waals surface area contributed by atoms with Gasteiger partial charge in [-0.25, -0.2) is 0 Å². The summed E-state index contributed by atoms with van der Waals surface area (Å²) in [5, 5.41) is 0. The van der Waals surface area contributed by atoms with E-state index in [0.717, 1.165) is 5.56 Å². The molecule has 0 saturated carbocycles. The molecule has 1 aromatic rings. The predicted octanol–water partition coefficient (Wildman–Crippen LogP) is 1.41. The van der Waals surface area contributed by atoms with Crippen molar-refractivity contribution in [3.63, 3.8) is 0 Å². The molecule has 0 unspecified atom stereocenters. The molecule has 0 bridgehead atoms. The molecule has 1 aromatic carbocycles. The number of methoxy groups -OCH3 is 2. The number of carbonyl (C=O) groups is 1. The summed E-state index contributed by atoms with van der Waals surface area (Å²) < 4.78 is 10.5. The Kier molecular flexibility index (Phi) is 4.31. The number of nitrogens with two attached hydrogens (primary N) is 1. The molecule has 0 heterocycles. The van der Waals surface area contributed by atoms with Gasteiger partial charge in [0.25, 0.3) is 0 Å². The molecular weight excluding hydrogens is 206 g/mol. The van der Waals surface area contributed by atoms with E-state index >= 15 is 0 Å². The highest BCUT2D eigenvalue weighted by molar-refractivity contribution is 5.99. The van der Waals surface area contributed by atoms with Crippen LogP contribution in [0.3, 0.4) is 0 Å². The van der Waals surface area contributed by atoms with Crippen molar-refractivity contribution < 1.29 is 14.3 Å². The van der Waals surface area contributed by atoms with Crippen molar-refractivity contribution >= 4 is 5.78 Å². The second kappa shape index (κ2) is 5.51. The van der Waals surface area contributed by atoms with Crippen molar-refractivity contribution in [3.05, 3.63) is 23.3 Å². The maximum atomic E-state index is 11.6. The largest absolute Gasteiger partial charge is 0.493 e. The third-order valence-electron chi connectivity index (χ3n) is 2.49. The van der Waals surface area contributed by atoms with E-state index in [-0.39, 0.29) is 12.3 Å². The Morgan fingerprint density at radius 3 is 2.44 bits per heavy atom. The molecule has 88 valence electrons. The second-order valence-corrected chi connectivity index (χ2v) is 3.31. The van der Waals surface area contributed by atoms with E-state index in [4.69, 9.17) is 15.2 Å². The Balaban J connectivity index is 3.37. The summed E-state index contributed by atoms with van der Waals surface area (Å²) in [5.74, 6) is 1.16. The lowest BCUT2D eigenvalue weighted by atomic mass is 10.00. The zero-order valence-corrected chi connectivity index (χ0v) is 9.87. The van der Waals surface area contributed by atoms with Gasteiger partial charge in [-0.3, -0.25) is 4.79 Å². The van der Waals surface area contributed by atoms with Crippen LogP contribution in [0.25, 0.3) is 0 Å². The molecule has 1 rings (SSSR count). The van der Waals surface area contributed by atoms with Crippen LogP contribution in [0, 0.1) is 0 Å². The van der Waals surface area contributed by atoms with Crippen molar-refractivity contribution in [2.24, 2.45) is 5.73 Å². The third-order valence-corrected chi connectivity index (χ3v) is 2.49. The Hall–Kier alpha value is -1.55. The standard InChI is InChI=1S/C12H17NO3/c1-4-8-9(10(14)7-13)5-6-11(15-2)12(8)16-3/h5-6H,4,7,13H2,1-3H3. The molecule has 0 atom stereocenters. The van der Waals surface area contributed by atoms with Gasteiger partial charge in [-0.05, 0) is 18.6 Å². The number of ether oxygens (including phenoxy) is 2. The maximum absolute atomic E-state index is 11.6. The SMILES string of the molecule is CCc1c(C(=O)CN)ccc(OC)c1OC. The smallest absolute Gasteiger partial charge is 0.176 e. The number of hydrogen-bond acceptors (Lipinski definition) is 4. The van der Waals surface area contributed by atoms with E-state index in [9.17, 15) is 4.79 Å². The average molecular weight is 223 g/mol. The maximum Gasteiger partial charge on any atom is 0.176 e. The normalized spacial score (nSPS) is 10.0. The van der Waals surface area contributed by atoms with Crippen molar-refractivity contribution in [1.29, 1.82) is 0 Å². The fourth-order valence-corrected chi connectivity index (χ4v) is 1.71. The van der Waals surface area contributed by atoms with Gasteiger partial charge in [-0.1, -0.05) is 6.92 Å². The van der Waals surface area contributed by atoms with E-state index in [0.29, 0.717) is 23.5 Å². The van der Waals surface area contributed by atoms with Crippen LogP contribution >= 0.6 is 0 Å². The number of Topliss-reactive ketones (excluding diaryl/α,β-unsaturated/α-hetero) is 1. The zero-order valence-electron chi connectivity index (χ0n) is 9.87. The summed E-state index contributed by atoms with van der Waals surface area (Å²) in [6.07, 6.45) is 0.696. The summed E-state index contributed by atoms with van der Waals surface area (Å²) >= 11 is 0. The minimum absolute atomic E-state index is 0.00246. The Morgan fingerprint density at radius 2 is 2.00 bits per heavy atom. The predicted molar refractivity (Wildman–Crippen MR) is 62.3 cm³/mol. The van der Waals surface area contributed by atoms with Crippen LogP contribution in [-0.4, -0.2) is 26.5 Å². The second-order valence-electron chi connectivity index (χ2n) is 3.31. The van der Waals surface area contributed by atoms with Gasteiger partial charge in [0.15, 0.2) is 17.3 Å². The van der Waals surface area contributed by atoms with E-state index < -0.39 is 0 Å². The Bertz CT molecular complexity index is 388. The van der Waals surface area contributed by atoms with Crippen molar-refractivity contribution in [2.75, 3.05) is 20.8 Å². The van der Waals surface area contributed by atoms with Crippen LogP contribution in [-0.2, 0) is 6.42 Å². The van der Waals surface area contributed by atoms with E-state index in [2.05, 4.69) is 0 Å². The summed E-state index contributed by atoms with van der Waals surface area (Å²) in [6, 6.07) is 3.45. The number of rotatable bonds is 5. The monoisotopic (exact) mass is 223 g/mol. The fourth-order valence-electron chi connectivity index (χ4n) is 1.71. The molecule has 0 fully saturated rings. The van der Waals surface area contributed by atoms with Crippen molar-refractivity contribution in [2.45, 2.75) is 13.3 Å². The van der Waals surface area contributed by atoms with Gasteiger partial charge in [0.2, 0.25) is 0 Å². The molecule has 0 saturated heterocycles. The molecule has 0 amide bonds. The number of benzene rings is 1. The fraction of sp³-hybridized carbons (Fsp3) is 0.417. The minimum Gasteiger partial charge on any atom is -0.493 e. The third kappa shape index (κ3) is 2.17. The first-order valence-corrected chi connectivity index (χ1v) is 5.16. The lowest BCUT2D eigenvalue weighted by Gasteiger charge is -2.14. The topological polar surface area (TPSA) is 61.6 Å². The van der Waals surface area contributed by atoms with Crippen LogP contribution in [0.2, 0.25) is 0 Å². The van der Waals surface area contributed by atoms with Gasteiger partial charge >= 0.3 is 0 Å². The number of hydrogen-bond donors (Lipinski definition) is 1. The van der Waals surface area contributed by atoms with Gasteiger partial charge in [0.05, 0.1) is 20.8 Å². The first-order valence-electron chi connectivity index (χ1n) is 5.16. The van der Waals surface area contributed by atoms with Crippen LogP contribution in [0.5, 0.6) is 11.5 Å². The lowest BCUT2D eigenvalue weighted by molar-refractivity contribution is 0.1000. The summed E-state index contributed by atoms with van der Waals surface area (Å²) in [5.41, 5.74) is 6.83. The minimum atomic E-state index is -0.0854. The van der Waals surface area contributed by atoms with E-state index in [1.807, 2.05) is 6.92 Å². The molecule has 4 nitrogen and oxygen atoms in total. The summed E-state index contributed by atoms with van der Waals surface area (Å²) in [6.45, 7) is 1.97. The van der Waals surface area contributed by atoms with Crippen molar-refractivity contribution in [1.82, 2.24) is 0 Å². The zero-order chi connectivity index (χ0) is 12.1. The lowest BCUT2D eigenvalue weighted by Crippen LogP contribution is -2.16. The highest BCUT2D eigenvalue weighted by atomic mass is 16.5. The first-order chi connectivity index (χ1) is 7.69. The Labute approximate surface area is 95.3 Å². The summed E-state index contributed by atoms with van der Waals surface area (Å²) in [4.78, 5) is 11.6. The molecule has 0 aliphatic heterocycles. The number of ketones is 1. The molecule has 0 aliphatic rings. The van der Waals surface area contributed by atoms with Gasteiger partial charge in [0, 0.05) is 11.1 Å². The van der Waals surface area contributed by atoms with Gasteiger partial charge in [-0.15, -0.1) is 0 Å². The van der Waals surface area contributed by atoms with Gasteiger partial charge in [-0.2, -0.15) is 0 Å². The van der Waals surface area contributed by atoms with Crippen LogP contribution in [0.4, 0.5) is 0 Å². The molecule has 2 N–H and O–H groups in total. The van der Waals surface area contributed by atoms with Gasteiger partial charge in [0.1, 0.15) is 0 Å². The quantitative estimate of drug-likeness (QED) is 0.767. The van der Waals surface area contributed by atoms with Gasteiger partial charge < -0.3 is 15.2 Å². The molecule has 0 aliphatic carbocycles. The molecular formula is C12H17NO3. The molecule has 4 heteroatoms. The molecule has 0 radical (unpaired) electrons. The Morgan fingerprint density at radius 1 is 1.31 bits per heavy atom. The van der Waals surface area contributed by atoms with E-state index in [1.165, 1.54) is 0 Å². The first kappa shape index (κ1) is 12.5. The molecule has 16 heavy (non-hydrogen) atoms. The van der Waals surface area contributed by atoms with Crippen LogP contribution in [0.1, 0.15) is 22.8 Å². The van der Waals surface area contributed by atoms with Crippen LogP contribution < -0.4 is 15.2 Å². The summed E-state index contributed by atoms with van der Waals surface area (Å²) in [7, 11) is 3.13. The van der Waals surface area contributed by atoms with Crippen molar-refractivity contribution in [3.8, 4) is 11.5 Å². The average Bonchev–Trinajstić information content (AvgIpc) is 2.35. The molecule has 0 aromatic heterocycles. The highest BCUT2D eigenvalue weighted by Crippen LogP contribution is 2.33. The molecule has 0 spiro atoms. The van der Waals surface area contributed by atoms with Crippen LogP contribution in [0.15, 0.2) is 12.1 Å². The van der Waals surface area contributed by atoms with E-state index in [1.54, 1.807) is 26.4 Å². The number of carbonyl (C=O) groups excluding carboxylic acids is 1.